The monoisotopic (exact) mass is 417 g/mol. The van der Waals surface area contributed by atoms with E-state index in [9.17, 15) is 4.79 Å². The Bertz CT molecular complexity index is 838. The van der Waals surface area contributed by atoms with E-state index in [1.165, 1.54) is 0 Å². The molecule has 156 valence electrons. The van der Waals surface area contributed by atoms with Crippen LogP contribution in [0.2, 0.25) is 5.02 Å². The van der Waals surface area contributed by atoms with Crippen molar-refractivity contribution < 1.29 is 14.3 Å². The summed E-state index contributed by atoms with van der Waals surface area (Å²) in [6.45, 7) is 5.63. The van der Waals surface area contributed by atoms with Gasteiger partial charge in [-0.3, -0.25) is 9.69 Å². The third kappa shape index (κ3) is 5.34. The topological polar surface area (TPSA) is 54.0 Å². The molecule has 0 bridgehead atoms. The molecule has 0 saturated carbocycles. The summed E-state index contributed by atoms with van der Waals surface area (Å²) in [5.74, 6) is 1.46. The summed E-state index contributed by atoms with van der Waals surface area (Å²) in [5.41, 5.74) is 1.95. The van der Waals surface area contributed by atoms with E-state index in [1.54, 1.807) is 14.2 Å². The van der Waals surface area contributed by atoms with Gasteiger partial charge in [0.2, 0.25) is 5.91 Å². The molecule has 7 heteroatoms. The van der Waals surface area contributed by atoms with Gasteiger partial charge < -0.3 is 19.7 Å². The molecule has 0 aromatic heterocycles. The van der Waals surface area contributed by atoms with Crippen LogP contribution < -0.4 is 19.7 Å². The molecular weight excluding hydrogens is 390 g/mol. The van der Waals surface area contributed by atoms with Crippen molar-refractivity contribution in [3.63, 3.8) is 0 Å². The van der Waals surface area contributed by atoms with E-state index in [4.69, 9.17) is 21.1 Å². The second-order valence-electron chi connectivity index (χ2n) is 7.11. The molecule has 0 spiro atoms. The Hall–Kier alpha value is -2.44. The number of nitrogens with zero attached hydrogens (tertiary/aromatic N) is 2. The summed E-state index contributed by atoms with van der Waals surface area (Å²) in [4.78, 5) is 17.0. The lowest BCUT2D eigenvalue weighted by Crippen LogP contribution is -2.49. The second-order valence-corrected chi connectivity index (χ2v) is 7.52. The molecule has 3 rings (SSSR count). The Morgan fingerprint density at radius 1 is 1.10 bits per heavy atom. The molecular formula is C22H28ClN3O3. The number of rotatable bonds is 7. The van der Waals surface area contributed by atoms with Crippen LogP contribution in [0.1, 0.15) is 18.5 Å². The van der Waals surface area contributed by atoms with E-state index in [0.29, 0.717) is 6.54 Å². The quantitative estimate of drug-likeness (QED) is 0.748. The van der Waals surface area contributed by atoms with Crippen molar-refractivity contribution in [3.05, 3.63) is 53.1 Å². The van der Waals surface area contributed by atoms with E-state index in [2.05, 4.69) is 15.1 Å². The predicted octanol–water partition coefficient (Wildman–Crippen LogP) is 3.36. The van der Waals surface area contributed by atoms with E-state index >= 15 is 0 Å². The van der Waals surface area contributed by atoms with Gasteiger partial charge in [-0.05, 0) is 37.3 Å². The van der Waals surface area contributed by atoms with E-state index in [1.807, 2.05) is 49.4 Å². The molecule has 1 amide bonds. The standard InChI is InChI=1S/C22H28ClN3O3/c1-16(18-14-17(28-2)8-9-21(18)29-3)24-22(27)15-25-10-12-26(13-11-25)20-7-5-4-6-19(20)23/h4-9,14,16H,10-13,15H2,1-3H3,(H,24,27)/t16-/m0/s1. The molecule has 0 unspecified atom stereocenters. The molecule has 1 aliphatic rings. The number of methoxy groups -OCH3 is 2. The fourth-order valence-corrected chi connectivity index (χ4v) is 3.86. The number of hydrogen-bond acceptors (Lipinski definition) is 5. The maximum atomic E-state index is 12.6. The first-order chi connectivity index (χ1) is 14.0. The molecule has 0 aliphatic carbocycles. The molecule has 2 aromatic carbocycles. The lowest BCUT2D eigenvalue weighted by Gasteiger charge is -2.36. The van der Waals surface area contributed by atoms with Crippen molar-refractivity contribution in [2.75, 3.05) is 51.8 Å². The minimum Gasteiger partial charge on any atom is -0.497 e. The Balaban J connectivity index is 1.53. The molecule has 29 heavy (non-hydrogen) atoms. The summed E-state index contributed by atoms with van der Waals surface area (Å²) >= 11 is 6.30. The van der Waals surface area contributed by atoms with E-state index in [0.717, 1.165) is 54.0 Å². The van der Waals surface area contributed by atoms with Crippen molar-refractivity contribution >= 4 is 23.2 Å². The average molecular weight is 418 g/mol. The molecule has 1 fully saturated rings. The number of nitrogens with one attached hydrogen (secondary N) is 1. The van der Waals surface area contributed by atoms with Gasteiger partial charge in [0.25, 0.3) is 0 Å². The van der Waals surface area contributed by atoms with Gasteiger partial charge in [0.05, 0.1) is 37.5 Å². The molecule has 1 aliphatic heterocycles. The van der Waals surface area contributed by atoms with Crippen molar-refractivity contribution in [3.8, 4) is 11.5 Å². The van der Waals surface area contributed by atoms with Gasteiger partial charge in [0.1, 0.15) is 11.5 Å². The van der Waals surface area contributed by atoms with E-state index < -0.39 is 0 Å². The van der Waals surface area contributed by atoms with Crippen LogP contribution in [-0.4, -0.2) is 57.8 Å². The highest BCUT2D eigenvalue weighted by Crippen LogP contribution is 2.29. The number of piperazine rings is 1. The van der Waals surface area contributed by atoms with Crippen LogP contribution in [0.5, 0.6) is 11.5 Å². The zero-order valence-electron chi connectivity index (χ0n) is 17.2. The fraction of sp³-hybridized carbons (Fsp3) is 0.409. The maximum absolute atomic E-state index is 12.6. The normalized spacial score (nSPS) is 15.7. The molecule has 1 saturated heterocycles. The summed E-state index contributed by atoms with van der Waals surface area (Å²) in [7, 11) is 3.25. The van der Waals surface area contributed by atoms with Crippen molar-refractivity contribution in [2.45, 2.75) is 13.0 Å². The number of benzene rings is 2. The Labute approximate surface area is 177 Å². The number of ether oxygens (including phenoxy) is 2. The van der Waals surface area contributed by atoms with Crippen LogP contribution in [0, 0.1) is 0 Å². The van der Waals surface area contributed by atoms with Gasteiger partial charge in [-0.1, -0.05) is 23.7 Å². The Morgan fingerprint density at radius 3 is 2.48 bits per heavy atom. The van der Waals surface area contributed by atoms with Crippen molar-refractivity contribution in [1.82, 2.24) is 10.2 Å². The average Bonchev–Trinajstić information content (AvgIpc) is 2.74. The first-order valence-corrected chi connectivity index (χ1v) is 10.1. The summed E-state index contributed by atoms with van der Waals surface area (Å²) in [6, 6.07) is 13.3. The van der Waals surface area contributed by atoms with Gasteiger partial charge >= 0.3 is 0 Å². The van der Waals surface area contributed by atoms with Gasteiger partial charge in [-0.25, -0.2) is 0 Å². The van der Waals surface area contributed by atoms with Crippen LogP contribution in [-0.2, 0) is 4.79 Å². The highest BCUT2D eigenvalue weighted by molar-refractivity contribution is 6.33. The second kappa shape index (κ2) is 9.85. The summed E-state index contributed by atoms with van der Waals surface area (Å²) in [5, 5.41) is 3.83. The van der Waals surface area contributed by atoms with Gasteiger partial charge in [0.15, 0.2) is 0 Å². The Kier molecular flexibility index (Phi) is 7.23. The van der Waals surface area contributed by atoms with Gasteiger partial charge in [0, 0.05) is 31.7 Å². The smallest absolute Gasteiger partial charge is 0.234 e. The largest absolute Gasteiger partial charge is 0.497 e. The van der Waals surface area contributed by atoms with Crippen LogP contribution >= 0.6 is 11.6 Å². The highest BCUT2D eigenvalue weighted by Gasteiger charge is 2.22. The number of hydrogen-bond donors (Lipinski definition) is 1. The summed E-state index contributed by atoms with van der Waals surface area (Å²) in [6.07, 6.45) is 0. The molecule has 6 nitrogen and oxygen atoms in total. The van der Waals surface area contributed by atoms with Gasteiger partial charge in [-0.2, -0.15) is 0 Å². The molecule has 0 radical (unpaired) electrons. The van der Waals surface area contributed by atoms with Crippen LogP contribution in [0.25, 0.3) is 0 Å². The number of amides is 1. The lowest BCUT2D eigenvalue weighted by molar-refractivity contribution is -0.123. The Morgan fingerprint density at radius 2 is 1.83 bits per heavy atom. The zero-order chi connectivity index (χ0) is 20.8. The fourth-order valence-electron chi connectivity index (χ4n) is 3.60. The first-order valence-electron chi connectivity index (χ1n) is 9.75. The minimum atomic E-state index is -0.183. The van der Waals surface area contributed by atoms with Crippen molar-refractivity contribution in [2.24, 2.45) is 0 Å². The minimum absolute atomic E-state index is 0.00596. The summed E-state index contributed by atoms with van der Waals surface area (Å²) < 4.78 is 10.7. The maximum Gasteiger partial charge on any atom is 0.234 e. The number of anilines is 1. The molecule has 1 atom stereocenters. The highest BCUT2D eigenvalue weighted by atomic mass is 35.5. The van der Waals surface area contributed by atoms with Crippen LogP contribution in [0.4, 0.5) is 5.69 Å². The molecule has 1 heterocycles. The first kappa shape index (κ1) is 21.3. The number of halogens is 1. The molecule has 1 N–H and O–H groups in total. The molecule has 2 aromatic rings. The lowest BCUT2D eigenvalue weighted by atomic mass is 10.1. The number of carbonyl (C=O) groups is 1. The zero-order valence-corrected chi connectivity index (χ0v) is 17.9. The third-order valence-corrected chi connectivity index (χ3v) is 5.53. The van der Waals surface area contributed by atoms with Crippen LogP contribution in [0.3, 0.4) is 0 Å². The third-order valence-electron chi connectivity index (χ3n) is 5.21. The van der Waals surface area contributed by atoms with Crippen molar-refractivity contribution in [1.29, 1.82) is 0 Å². The SMILES string of the molecule is COc1ccc(OC)c([C@H](C)NC(=O)CN2CCN(c3ccccc3Cl)CC2)c1. The number of para-hydroxylation sites is 1. The van der Waals surface area contributed by atoms with Gasteiger partial charge in [-0.15, -0.1) is 0 Å². The van der Waals surface area contributed by atoms with Crippen LogP contribution in [0.15, 0.2) is 42.5 Å². The number of carbonyl (C=O) groups excluding carboxylic acids is 1. The predicted molar refractivity (Wildman–Crippen MR) is 116 cm³/mol. The van der Waals surface area contributed by atoms with E-state index in [-0.39, 0.29) is 11.9 Å².